The van der Waals surface area contributed by atoms with Crippen LogP contribution in [0.15, 0.2) is 42.5 Å². The molecule has 0 spiro atoms. The number of carbonyl (C=O) groups excluding carboxylic acids is 2. The fraction of sp³-hybridized carbons (Fsp3) is 0.238. The van der Waals surface area contributed by atoms with Crippen molar-refractivity contribution in [3.63, 3.8) is 0 Å². The summed E-state index contributed by atoms with van der Waals surface area (Å²) < 4.78 is 10.8. The molecule has 0 radical (unpaired) electrons. The summed E-state index contributed by atoms with van der Waals surface area (Å²) in [4.78, 5) is 36.1. The number of nitro benzene ring substituents is 1. The van der Waals surface area contributed by atoms with Gasteiger partial charge in [0, 0.05) is 30.9 Å². The van der Waals surface area contributed by atoms with Crippen LogP contribution in [-0.2, 0) is 9.59 Å². The first-order valence-electron chi connectivity index (χ1n) is 9.32. The predicted molar refractivity (Wildman–Crippen MR) is 112 cm³/mol. The van der Waals surface area contributed by atoms with Gasteiger partial charge in [0.25, 0.3) is 5.91 Å². The van der Waals surface area contributed by atoms with Gasteiger partial charge in [-0.3, -0.25) is 19.7 Å². The average molecular weight is 411 g/mol. The second-order valence-electron chi connectivity index (χ2n) is 6.58. The molecule has 0 aliphatic carbocycles. The maximum Gasteiger partial charge on any atom is 0.311 e. The maximum atomic E-state index is 12.2. The monoisotopic (exact) mass is 411 g/mol. The van der Waals surface area contributed by atoms with Crippen LogP contribution in [0.3, 0.4) is 0 Å². The van der Waals surface area contributed by atoms with E-state index >= 15 is 0 Å². The van der Waals surface area contributed by atoms with Crippen molar-refractivity contribution >= 4 is 35.0 Å². The van der Waals surface area contributed by atoms with E-state index in [0.717, 1.165) is 6.42 Å². The number of anilines is 2. The van der Waals surface area contributed by atoms with E-state index < -0.39 is 10.8 Å². The van der Waals surface area contributed by atoms with Gasteiger partial charge in [-0.25, -0.2) is 0 Å². The van der Waals surface area contributed by atoms with E-state index in [1.54, 1.807) is 31.3 Å². The number of carbonyl (C=O) groups is 2. The van der Waals surface area contributed by atoms with Crippen molar-refractivity contribution in [3.05, 3.63) is 58.2 Å². The molecule has 1 aliphatic heterocycles. The van der Waals surface area contributed by atoms with Crippen molar-refractivity contribution in [1.82, 2.24) is 0 Å². The van der Waals surface area contributed by atoms with Gasteiger partial charge in [-0.1, -0.05) is 13.0 Å². The third-order valence-corrected chi connectivity index (χ3v) is 4.38. The molecule has 0 fully saturated rings. The van der Waals surface area contributed by atoms with Crippen LogP contribution in [0.5, 0.6) is 11.5 Å². The molecule has 9 heteroatoms. The zero-order valence-electron chi connectivity index (χ0n) is 16.6. The molecule has 0 bridgehead atoms. The van der Waals surface area contributed by atoms with Gasteiger partial charge in [0.1, 0.15) is 5.75 Å². The van der Waals surface area contributed by atoms with Crippen LogP contribution >= 0.6 is 0 Å². The van der Waals surface area contributed by atoms with Crippen molar-refractivity contribution in [3.8, 4) is 11.5 Å². The van der Waals surface area contributed by atoms with Gasteiger partial charge < -0.3 is 19.7 Å². The zero-order chi connectivity index (χ0) is 21.7. The lowest BCUT2D eigenvalue weighted by atomic mass is 10.1. The maximum absolute atomic E-state index is 12.2. The number of hydrogen-bond donors (Lipinski definition) is 1. The SMILES string of the molecule is CCCOc1ccc(/C=C/C(=O)Nc2ccc3c(c2)OCC(=O)N3C)cc1[N+](=O)[O-]. The summed E-state index contributed by atoms with van der Waals surface area (Å²) in [5.41, 5.74) is 1.46. The molecule has 1 N–H and O–H groups in total. The van der Waals surface area contributed by atoms with Gasteiger partial charge in [-0.15, -0.1) is 0 Å². The fourth-order valence-electron chi connectivity index (χ4n) is 2.83. The summed E-state index contributed by atoms with van der Waals surface area (Å²) in [6, 6.07) is 9.49. The first kappa shape index (κ1) is 20.8. The molecule has 2 aromatic carbocycles. The summed E-state index contributed by atoms with van der Waals surface area (Å²) in [5, 5.41) is 14.0. The normalized spacial score (nSPS) is 13.0. The van der Waals surface area contributed by atoms with E-state index in [-0.39, 0.29) is 24.0 Å². The highest BCUT2D eigenvalue weighted by atomic mass is 16.6. The van der Waals surface area contributed by atoms with E-state index in [9.17, 15) is 19.7 Å². The topological polar surface area (TPSA) is 111 Å². The van der Waals surface area contributed by atoms with E-state index in [1.807, 2.05) is 6.92 Å². The minimum Gasteiger partial charge on any atom is -0.487 e. The molecule has 0 atom stereocenters. The summed E-state index contributed by atoms with van der Waals surface area (Å²) in [6.45, 7) is 2.23. The first-order chi connectivity index (χ1) is 14.4. The van der Waals surface area contributed by atoms with Crippen molar-refractivity contribution < 1.29 is 24.0 Å². The number of likely N-dealkylation sites (N-methyl/N-ethyl adjacent to an activating group) is 1. The largest absolute Gasteiger partial charge is 0.487 e. The quantitative estimate of drug-likeness (QED) is 0.425. The van der Waals surface area contributed by atoms with Gasteiger partial charge in [-0.05, 0) is 36.3 Å². The first-order valence-corrected chi connectivity index (χ1v) is 9.32. The summed E-state index contributed by atoms with van der Waals surface area (Å²) in [7, 11) is 1.66. The lowest BCUT2D eigenvalue weighted by Gasteiger charge is -2.26. The number of nitrogens with zero attached hydrogens (tertiary/aromatic N) is 2. The molecule has 0 aromatic heterocycles. The third-order valence-electron chi connectivity index (χ3n) is 4.38. The number of amides is 2. The Labute approximate surface area is 173 Å². The molecule has 2 aromatic rings. The van der Waals surface area contributed by atoms with Gasteiger partial charge in [0.05, 0.1) is 17.2 Å². The number of hydrogen-bond acceptors (Lipinski definition) is 6. The number of ether oxygens (including phenoxy) is 2. The predicted octanol–water partition coefficient (Wildman–Crippen LogP) is 3.39. The minimum absolute atomic E-state index is 0.0580. The molecule has 0 saturated heterocycles. The van der Waals surface area contributed by atoms with Crippen LogP contribution in [-0.4, -0.2) is 37.0 Å². The van der Waals surface area contributed by atoms with E-state index in [2.05, 4.69) is 5.32 Å². The van der Waals surface area contributed by atoms with Crippen molar-refractivity contribution in [1.29, 1.82) is 0 Å². The Balaban J connectivity index is 1.70. The Morgan fingerprint density at radius 3 is 2.87 bits per heavy atom. The fourth-order valence-corrected chi connectivity index (χ4v) is 2.83. The number of nitrogens with one attached hydrogen (secondary N) is 1. The third kappa shape index (κ3) is 4.75. The van der Waals surface area contributed by atoms with Crippen LogP contribution < -0.4 is 19.7 Å². The Bertz CT molecular complexity index is 1020. The smallest absolute Gasteiger partial charge is 0.311 e. The average Bonchev–Trinajstić information content (AvgIpc) is 2.73. The van der Waals surface area contributed by atoms with Gasteiger partial charge >= 0.3 is 5.69 Å². The van der Waals surface area contributed by atoms with Crippen LogP contribution in [0, 0.1) is 10.1 Å². The standard InChI is InChI=1S/C21H21N3O6/c1-3-10-29-18-8-4-14(11-17(18)24(27)28)5-9-20(25)22-15-6-7-16-19(12-15)30-13-21(26)23(16)2/h4-9,11-12H,3,10,13H2,1-2H3,(H,22,25)/b9-5+. The molecule has 1 aliphatic rings. The molecular weight excluding hydrogens is 390 g/mol. The van der Waals surface area contributed by atoms with Crippen molar-refractivity contribution in [2.24, 2.45) is 0 Å². The van der Waals surface area contributed by atoms with Gasteiger partial charge in [0.15, 0.2) is 12.4 Å². The minimum atomic E-state index is -0.517. The molecule has 0 unspecified atom stereocenters. The number of rotatable bonds is 7. The van der Waals surface area contributed by atoms with Crippen LogP contribution in [0.4, 0.5) is 17.1 Å². The van der Waals surface area contributed by atoms with Gasteiger partial charge in [-0.2, -0.15) is 0 Å². The lowest BCUT2D eigenvalue weighted by molar-refractivity contribution is -0.385. The summed E-state index contributed by atoms with van der Waals surface area (Å²) >= 11 is 0. The molecule has 30 heavy (non-hydrogen) atoms. The second kappa shape index (κ2) is 9.08. The number of fused-ring (bicyclic) bond motifs is 1. The van der Waals surface area contributed by atoms with Crippen LogP contribution in [0.25, 0.3) is 6.08 Å². The van der Waals surface area contributed by atoms with Crippen LogP contribution in [0.2, 0.25) is 0 Å². The highest BCUT2D eigenvalue weighted by molar-refractivity contribution is 6.03. The Morgan fingerprint density at radius 1 is 1.33 bits per heavy atom. The lowest BCUT2D eigenvalue weighted by Crippen LogP contribution is -2.35. The van der Waals surface area contributed by atoms with Crippen molar-refractivity contribution in [2.45, 2.75) is 13.3 Å². The number of nitro groups is 1. The molecule has 0 saturated carbocycles. The summed E-state index contributed by atoms with van der Waals surface area (Å²) in [5.74, 6) is 0.129. The highest BCUT2D eigenvalue weighted by Gasteiger charge is 2.22. The molecule has 1 heterocycles. The second-order valence-corrected chi connectivity index (χ2v) is 6.58. The summed E-state index contributed by atoms with van der Waals surface area (Å²) in [6.07, 6.45) is 3.49. The van der Waals surface area contributed by atoms with Gasteiger partial charge in [0.2, 0.25) is 5.91 Å². The molecule has 2 amide bonds. The van der Waals surface area contributed by atoms with E-state index in [4.69, 9.17) is 9.47 Å². The zero-order valence-corrected chi connectivity index (χ0v) is 16.6. The molecule has 9 nitrogen and oxygen atoms in total. The van der Waals surface area contributed by atoms with Crippen LogP contribution in [0.1, 0.15) is 18.9 Å². The van der Waals surface area contributed by atoms with E-state index in [0.29, 0.717) is 29.3 Å². The molecule has 156 valence electrons. The molecule has 3 rings (SSSR count). The van der Waals surface area contributed by atoms with Crippen molar-refractivity contribution in [2.75, 3.05) is 30.5 Å². The molecular formula is C21H21N3O6. The van der Waals surface area contributed by atoms with E-state index in [1.165, 1.54) is 29.2 Å². The highest BCUT2D eigenvalue weighted by Crippen LogP contribution is 2.33. The number of benzene rings is 2. The Morgan fingerprint density at radius 2 is 2.13 bits per heavy atom. The Kier molecular flexibility index (Phi) is 6.31. The Hall–Kier alpha value is -3.88.